The second-order valence-electron chi connectivity index (χ2n) is 2.16. The topological polar surface area (TPSA) is 62.1 Å². The highest BCUT2D eigenvalue weighted by atomic mass is 16.5. The quantitative estimate of drug-likeness (QED) is 0.526. The first kappa shape index (κ1) is 7.43. The molecule has 0 aromatic heterocycles. The van der Waals surface area contributed by atoms with Crippen LogP contribution in [0.2, 0.25) is 0 Å². The molecule has 0 radical (unpaired) electrons. The number of nitrogens with zero attached hydrogens (tertiary/aromatic N) is 2. The van der Waals surface area contributed by atoms with Gasteiger partial charge in [0.05, 0.1) is 37.7 Å². The fraction of sp³-hybridized carbons (Fsp3) is 1.00. The van der Waals surface area contributed by atoms with Crippen molar-refractivity contribution in [1.82, 2.24) is 5.01 Å². The molecule has 1 N–H and O–H groups in total. The van der Waals surface area contributed by atoms with Crippen molar-refractivity contribution in [1.29, 1.82) is 0 Å². The van der Waals surface area contributed by atoms with Crippen LogP contribution in [0.15, 0.2) is 5.29 Å². The Morgan fingerprint density at radius 2 is 2.60 bits per heavy atom. The highest BCUT2D eigenvalue weighted by molar-refractivity contribution is 4.70. The minimum atomic E-state index is -0.244. The average molecular weight is 146 g/mol. The molecule has 5 heteroatoms. The van der Waals surface area contributed by atoms with E-state index in [0.29, 0.717) is 19.8 Å². The summed E-state index contributed by atoms with van der Waals surface area (Å²) in [4.78, 5) is 10.0. The third-order valence-electron chi connectivity index (χ3n) is 1.51. The third kappa shape index (κ3) is 1.43. The summed E-state index contributed by atoms with van der Waals surface area (Å²) in [5.41, 5.74) is 0. The Balaban J connectivity index is 2.41. The summed E-state index contributed by atoms with van der Waals surface area (Å²) in [6.07, 6.45) is 0. The maximum absolute atomic E-state index is 10.0. The molecule has 5 nitrogen and oxygen atoms in total. The van der Waals surface area contributed by atoms with E-state index in [0.717, 1.165) is 0 Å². The van der Waals surface area contributed by atoms with Crippen LogP contribution in [-0.4, -0.2) is 42.5 Å². The number of aliphatic hydroxyl groups excluding tert-OH is 1. The molecule has 1 rings (SSSR count). The monoisotopic (exact) mass is 146 g/mol. The van der Waals surface area contributed by atoms with Gasteiger partial charge in [0.2, 0.25) is 0 Å². The molecule has 1 atom stereocenters. The zero-order valence-corrected chi connectivity index (χ0v) is 5.56. The molecule has 1 aliphatic heterocycles. The lowest BCUT2D eigenvalue weighted by molar-refractivity contribution is -0.0272. The summed E-state index contributed by atoms with van der Waals surface area (Å²) < 4.78 is 5.00. The van der Waals surface area contributed by atoms with Crippen LogP contribution in [0.5, 0.6) is 0 Å². The second kappa shape index (κ2) is 3.48. The Kier molecular flexibility index (Phi) is 2.58. The molecular formula is C5H10N2O3. The number of nitroso groups, excluding NO2 is 1. The zero-order chi connectivity index (χ0) is 7.40. The second-order valence-corrected chi connectivity index (χ2v) is 2.16. The third-order valence-corrected chi connectivity index (χ3v) is 1.51. The van der Waals surface area contributed by atoms with Gasteiger partial charge in [0.25, 0.3) is 0 Å². The van der Waals surface area contributed by atoms with Crippen LogP contribution in [-0.2, 0) is 4.74 Å². The smallest absolute Gasteiger partial charge is 0.0967 e. The van der Waals surface area contributed by atoms with Crippen LogP contribution in [0.4, 0.5) is 0 Å². The first-order chi connectivity index (χ1) is 4.88. The first-order valence-corrected chi connectivity index (χ1v) is 3.17. The van der Waals surface area contributed by atoms with Gasteiger partial charge in [0, 0.05) is 0 Å². The van der Waals surface area contributed by atoms with Crippen LogP contribution in [0.1, 0.15) is 0 Å². The summed E-state index contributed by atoms with van der Waals surface area (Å²) in [7, 11) is 0. The minimum absolute atomic E-state index is 0.0776. The molecule has 1 aliphatic rings. The van der Waals surface area contributed by atoms with Gasteiger partial charge in [-0.3, -0.25) is 5.01 Å². The molecule has 0 aromatic rings. The maximum Gasteiger partial charge on any atom is 0.0967 e. The van der Waals surface area contributed by atoms with E-state index in [-0.39, 0.29) is 12.6 Å². The molecule has 0 saturated carbocycles. The van der Waals surface area contributed by atoms with E-state index in [1.54, 1.807) is 0 Å². The largest absolute Gasteiger partial charge is 0.394 e. The Bertz CT molecular complexity index is 119. The molecule has 0 amide bonds. The Hall–Kier alpha value is -0.680. The van der Waals surface area contributed by atoms with Gasteiger partial charge in [-0.1, -0.05) is 0 Å². The molecule has 0 aliphatic carbocycles. The number of morpholine rings is 1. The fourth-order valence-corrected chi connectivity index (χ4v) is 0.901. The predicted molar refractivity (Wildman–Crippen MR) is 34.2 cm³/mol. The van der Waals surface area contributed by atoms with Gasteiger partial charge in [-0.15, -0.1) is 4.91 Å². The minimum Gasteiger partial charge on any atom is -0.394 e. The van der Waals surface area contributed by atoms with Crippen molar-refractivity contribution in [3.8, 4) is 0 Å². The Morgan fingerprint density at radius 3 is 3.10 bits per heavy atom. The van der Waals surface area contributed by atoms with E-state index in [1.165, 1.54) is 5.01 Å². The molecule has 0 unspecified atom stereocenters. The van der Waals surface area contributed by atoms with Crippen molar-refractivity contribution in [2.75, 3.05) is 26.4 Å². The van der Waals surface area contributed by atoms with Gasteiger partial charge in [-0.05, 0) is 0 Å². The van der Waals surface area contributed by atoms with E-state index in [9.17, 15) is 4.91 Å². The zero-order valence-electron chi connectivity index (χ0n) is 5.56. The van der Waals surface area contributed by atoms with Crippen molar-refractivity contribution in [2.24, 2.45) is 5.29 Å². The lowest BCUT2D eigenvalue weighted by Crippen LogP contribution is -2.43. The average Bonchev–Trinajstić information content (AvgIpc) is 2.04. The van der Waals surface area contributed by atoms with Crippen LogP contribution in [0.3, 0.4) is 0 Å². The van der Waals surface area contributed by atoms with E-state index in [4.69, 9.17) is 9.84 Å². The highest BCUT2D eigenvalue weighted by Crippen LogP contribution is 2.05. The van der Waals surface area contributed by atoms with Gasteiger partial charge in [-0.2, -0.15) is 0 Å². The van der Waals surface area contributed by atoms with Gasteiger partial charge >= 0.3 is 0 Å². The molecule has 0 aromatic carbocycles. The molecule has 0 bridgehead atoms. The fourth-order valence-electron chi connectivity index (χ4n) is 0.901. The Labute approximate surface area is 58.5 Å². The summed E-state index contributed by atoms with van der Waals surface area (Å²) in [5, 5.41) is 12.7. The number of aliphatic hydroxyl groups is 1. The van der Waals surface area contributed by atoms with Crippen LogP contribution in [0.25, 0.3) is 0 Å². The normalized spacial score (nSPS) is 26.5. The molecule has 1 saturated heterocycles. The molecule has 1 heterocycles. The number of hydrogen-bond acceptors (Lipinski definition) is 4. The van der Waals surface area contributed by atoms with Crippen LogP contribution < -0.4 is 0 Å². The van der Waals surface area contributed by atoms with Crippen molar-refractivity contribution < 1.29 is 9.84 Å². The van der Waals surface area contributed by atoms with Crippen LogP contribution >= 0.6 is 0 Å². The van der Waals surface area contributed by atoms with Crippen LogP contribution in [0, 0.1) is 4.91 Å². The highest BCUT2D eigenvalue weighted by Gasteiger charge is 2.21. The molecule has 0 spiro atoms. The molecule has 10 heavy (non-hydrogen) atoms. The van der Waals surface area contributed by atoms with E-state index < -0.39 is 0 Å². The van der Waals surface area contributed by atoms with E-state index >= 15 is 0 Å². The van der Waals surface area contributed by atoms with Gasteiger partial charge < -0.3 is 9.84 Å². The van der Waals surface area contributed by atoms with Gasteiger partial charge in [-0.25, -0.2) is 0 Å². The molecule has 1 fully saturated rings. The van der Waals surface area contributed by atoms with Crippen molar-refractivity contribution >= 4 is 0 Å². The number of ether oxygens (including phenoxy) is 1. The van der Waals surface area contributed by atoms with E-state index in [1.807, 2.05) is 0 Å². The van der Waals surface area contributed by atoms with Gasteiger partial charge in [0.1, 0.15) is 0 Å². The first-order valence-electron chi connectivity index (χ1n) is 3.17. The number of rotatable bonds is 2. The standard InChI is InChI=1S/C5H10N2O3/c8-3-5-4-10-2-1-7(5)6-9/h5,8H,1-4H2/t5-/m0/s1. The summed E-state index contributed by atoms with van der Waals surface area (Å²) >= 11 is 0. The van der Waals surface area contributed by atoms with E-state index in [2.05, 4.69) is 5.29 Å². The lowest BCUT2D eigenvalue weighted by atomic mass is 10.3. The lowest BCUT2D eigenvalue weighted by Gasteiger charge is -2.28. The van der Waals surface area contributed by atoms with Crippen molar-refractivity contribution in [3.63, 3.8) is 0 Å². The van der Waals surface area contributed by atoms with Crippen molar-refractivity contribution in [2.45, 2.75) is 6.04 Å². The molecule has 58 valence electrons. The molecular weight excluding hydrogens is 136 g/mol. The Morgan fingerprint density at radius 1 is 1.80 bits per heavy atom. The summed E-state index contributed by atoms with van der Waals surface area (Å²) in [6, 6.07) is -0.244. The number of hydrogen-bond donors (Lipinski definition) is 1. The van der Waals surface area contributed by atoms with Gasteiger partial charge in [0.15, 0.2) is 0 Å². The summed E-state index contributed by atoms with van der Waals surface area (Å²) in [5.74, 6) is 0. The van der Waals surface area contributed by atoms with Crippen molar-refractivity contribution in [3.05, 3.63) is 4.91 Å². The SMILES string of the molecule is O=NN1CCOC[C@@H]1CO. The predicted octanol–water partition coefficient (Wildman–Crippen LogP) is -0.639. The summed E-state index contributed by atoms with van der Waals surface area (Å²) in [6.45, 7) is 1.31. The maximum atomic E-state index is 10.0.